The molecule has 1 fully saturated rings. The normalized spacial score (nSPS) is 17.1. The van der Waals surface area contributed by atoms with Crippen molar-refractivity contribution in [3.05, 3.63) is 29.8 Å². The average Bonchev–Trinajstić information content (AvgIpc) is 3.06. The molecule has 2 rings (SSSR count). The third-order valence-corrected chi connectivity index (χ3v) is 4.34. The van der Waals surface area contributed by atoms with Gasteiger partial charge in [-0.15, -0.1) is 0 Å². The number of benzene rings is 1. The zero-order valence-corrected chi connectivity index (χ0v) is 14.9. The van der Waals surface area contributed by atoms with Gasteiger partial charge in [0.2, 0.25) is 11.8 Å². The van der Waals surface area contributed by atoms with Gasteiger partial charge in [-0.25, -0.2) is 0 Å². The molecule has 0 bridgehead atoms. The number of amides is 2. The summed E-state index contributed by atoms with van der Waals surface area (Å²) >= 11 is 0. The van der Waals surface area contributed by atoms with Crippen molar-refractivity contribution in [2.24, 2.45) is 0 Å². The maximum Gasteiger partial charge on any atom is 0.223 e. The molecule has 5 nitrogen and oxygen atoms in total. The molecule has 5 heteroatoms. The van der Waals surface area contributed by atoms with Gasteiger partial charge in [-0.05, 0) is 30.4 Å². The number of para-hydroxylation sites is 1. The SMILES string of the molecule is CC(=O)N(CCC(=O)NCC1CCCO1)c1ccccc1C(C)C. The van der Waals surface area contributed by atoms with E-state index in [1.54, 1.807) is 11.8 Å². The molecular formula is C19H28N2O3. The van der Waals surface area contributed by atoms with Gasteiger partial charge in [0.1, 0.15) is 0 Å². The highest BCUT2D eigenvalue weighted by atomic mass is 16.5. The molecule has 1 saturated heterocycles. The van der Waals surface area contributed by atoms with Gasteiger partial charge in [0.05, 0.1) is 6.10 Å². The minimum atomic E-state index is -0.0463. The molecule has 0 aliphatic carbocycles. The highest BCUT2D eigenvalue weighted by Gasteiger charge is 2.19. The highest BCUT2D eigenvalue weighted by molar-refractivity contribution is 5.93. The van der Waals surface area contributed by atoms with Crippen molar-refractivity contribution in [3.8, 4) is 0 Å². The number of hydrogen-bond donors (Lipinski definition) is 1. The minimum Gasteiger partial charge on any atom is -0.376 e. The van der Waals surface area contributed by atoms with E-state index in [-0.39, 0.29) is 17.9 Å². The molecule has 24 heavy (non-hydrogen) atoms. The van der Waals surface area contributed by atoms with Gasteiger partial charge >= 0.3 is 0 Å². The Morgan fingerprint density at radius 1 is 1.33 bits per heavy atom. The maximum absolute atomic E-state index is 12.1. The summed E-state index contributed by atoms with van der Waals surface area (Å²) in [6.07, 6.45) is 2.49. The van der Waals surface area contributed by atoms with Crippen LogP contribution in [0.1, 0.15) is 51.5 Å². The zero-order chi connectivity index (χ0) is 17.5. The third kappa shape index (κ3) is 5.06. The van der Waals surface area contributed by atoms with Crippen LogP contribution in [-0.2, 0) is 14.3 Å². The number of carbonyl (C=O) groups is 2. The highest BCUT2D eigenvalue weighted by Crippen LogP contribution is 2.27. The second kappa shape index (κ2) is 8.83. The summed E-state index contributed by atoms with van der Waals surface area (Å²) in [6, 6.07) is 7.88. The van der Waals surface area contributed by atoms with Crippen LogP contribution in [0.3, 0.4) is 0 Å². The maximum atomic E-state index is 12.1. The number of carbonyl (C=O) groups excluding carboxylic acids is 2. The molecule has 2 amide bonds. The Morgan fingerprint density at radius 2 is 2.08 bits per heavy atom. The topological polar surface area (TPSA) is 58.6 Å². The molecule has 1 atom stereocenters. The Morgan fingerprint density at radius 3 is 2.71 bits per heavy atom. The molecule has 1 aliphatic rings. The summed E-state index contributed by atoms with van der Waals surface area (Å²) in [6.45, 7) is 7.47. The molecule has 1 aromatic carbocycles. The van der Waals surface area contributed by atoms with E-state index < -0.39 is 0 Å². The lowest BCUT2D eigenvalue weighted by molar-refractivity contribution is -0.121. The molecule has 1 aliphatic heterocycles. The minimum absolute atomic E-state index is 0.0428. The average molecular weight is 332 g/mol. The van der Waals surface area contributed by atoms with E-state index in [1.165, 1.54) is 0 Å². The van der Waals surface area contributed by atoms with Crippen molar-refractivity contribution in [2.75, 3.05) is 24.6 Å². The van der Waals surface area contributed by atoms with Crippen LogP contribution in [0.15, 0.2) is 24.3 Å². The second-order valence-corrected chi connectivity index (χ2v) is 6.57. The number of rotatable bonds is 7. The van der Waals surface area contributed by atoms with E-state index >= 15 is 0 Å². The van der Waals surface area contributed by atoms with E-state index in [0.29, 0.717) is 25.4 Å². The summed E-state index contributed by atoms with van der Waals surface area (Å²) in [7, 11) is 0. The molecule has 0 saturated carbocycles. The van der Waals surface area contributed by atoms with Crippen LogP contribution in [-0.4, -0.2) is 37.6 Å². The van der Waals surface area contributed by atoms with E-state index in [0.717, 1.165) is 30.7 Å². The number of nitrogens with zero attached hydrogens (tertiary/aromatic N) is 1. The summed E-state index contributed by atoms with van der Waals surface area (Å²) in [5.41, 5.74) is 2.01. The molecular weight excluding hydrogens is 304 g/mol. The second-order valence-electron chi connectivity index (χ2n) is 6.57. The first kappa shape index (κ1) is 18.5. The molecule has 1 N–H and O–H groups in total. The van der Waals surface area contributed by atoms with Gasteiger partial charge in [-0.2, -0.15) is 0 Å². The summed E-state index contributed by atoms with van der Waals surface area (Å²) < 4.78 is 5.50. The van der Waals surface area contributed by atoms with Crippen LogP contribution >= 0.6 is 0 Å². The van der Waals surface area contributed by atoms with Gasteiger partial charge in [0, 0.05) is 38.7 Å². The third-order valence-electron chi connectivity index (χ3n) is 4.34. The standard InChI is InChI=1S/C19H28N2O3/c1-14(2)17-8-4-5-9-18(17)21(15(3)22)11-10-19(23)20-13-16-7-6-12-24-16/h4-5,8-9,14,16H,6-7,10-13H2,1-3H3,(H,20,23). The predicted molar refractivity (Wildman–Crippen MR) is 95.2 cm³/mol. The van der Waals surface area contributed by atoms with Crippen molar-refractivity contribution >= 4 is 17.5 Å². The van der Waals surface area contributed by atoms with Crippen LogP contribution < -0.4 is 10.2 Å². The van der Waals surface area contributed by atoms with Crippen LogP contribution in [0.25, 0.3) is 0 Å². The lowest BCUT2D eigenvalue weighted by Gasteiger charge is -2.25. The van der Waals surface area contributed by atoms with Crippen molar-refractivity contribution < 1.29 is 14.3 Å². The summed E-state index contributed by atoms with van der Waals surface area (Å²) in [4.78, 5) is 25.8. The quantitative estimate of drug-likeness (QED) is 0.835. The Kier molecular flexibility index (Phi) is 6.79. The van der Waals surface area contributed by atoms with Gasteiger partial charge in [0.25, 0.3) is 0 Å². The predicted octanol–water partition coefficient (Wildman–Crippen LogP) is 2.85. The van der Waals surface area contributed by atoms with Gasteiger partial charge in [-0.1, -0.05) is 32.0 Å². The molecule has 0 spiro atoms. The molecule has 0 aromatic heterocycles. The first-order valence-electron chi connectivity index (χ1n) is 8.74. The Bertz CT molecular complexity index is 565. The van der Waals surface area contributed by atoms with Crippen LogP contribution in [0, 0.1) is 0 Å². The molecule has 1 unspecified atom stereocenters. The summed E-state index contributed by atoms with van der Waals surface area (Å²) in [5.74, 6) is 0.227. The van der Waals surface area contributed by atoms with E-state index in [2.05, 4.69) is 19.2 Å². The van der Waals surface area contributed by atoms with Crippen molar-refractivity contribution in [1.29, 1.82) is 0 Å². The Labute approximate surface area is 144 Å². The lowest BCUT2D eigenvalue weighted by atomic mass is 10.0. The van der Waals surface area contributed by atoms with Gasteiger partial charge < -0.3 is 15.0 Å². The monoisotopic (exact) mass is 332 g/mol. The number of anilines is 1. The molecule has 132 valence electrons. The zero-order valence-electron chi connectivity index (χ0n) is 14.9. The van der Waals surface area contributed by atoms with E-state index in [4.69, 9.17) is 4.74 Å². The lowest BCUT2D eigenvalue weighted by Crippen LogP contribution is -2.36. The number of nitrogens with one attached hydrogen (secondary N) is 1. The molecule has 1 aromatic rings. The van der Waals surface area contributed by atoms with Gasteiger partial charge in [0.15, 0.2) is 0 Å². The Balaban J connectivity index is 1.94. The smallest absolute Gasteiger partial charge is 0.223 e. The molecule has 0 radical (unpaired) electrons. The van der Waals surface area contributed by atoms with E-state index in [9.17, 15) is 9.59 Å². The van der Waals surface area contributed by atoms with Gasteiger partial charge in [-0.3, -0.25) is 9.59 Å². The fourth-order valence-corrected chi connectivity index (χ4v) is 3.00. The Hall–Kier alpha value is -1.88. The largest absolute Gasteiger partial charge is 0.376 e. The number of hydrogen-bond acceptors (Lipinski definition) is 3. The van der Waals surface area contributed by atoms with Crippen molar-refractivity contribution in [1.82, 2.24) is 5.32 Å². The fraction of sp³-hybridized carbons (Fsp3) is 0.579. The van der Waals surface area contributed by atoms with Crippen LogP contribution in [0.4, 0.5) is 5.69 Å². The van der Waals surface area contributed by atoms with Crippen molar-refractivity contribution in [3.63, 3.8) is 0 Å². The van der Waals surface area contributed by atoms with E-state index in [1.807, 2.05) is 24.3 Å². The first-order chi connectivity index (χ1) is 11.5. The fourth-order valence-electron chi connectivity index (χ4n) is 3.00. The van der Waals surface area contributed by atoms with Crippen LogP contribution in [0.2, 0.25) is 0 Å². The van der Waals surface area contributed by atoms with Crippen molar-refractivity contribution in [2.45, 2.75) is 52.1 Å². The van der Waals surface area contributed by atoms with Crippen LogP contribution in [0.5, 0.6) is 0 Å². The summed E-state index contributed by atoms with van der Waals surface area (Å²) in [5, 5.41) is 2.91. The first-order valence-corrected chi connectivity index (χ1v) is 8.74. The number of ether oxygens (including phenoxy) is 1. The molecule has 1 heterocycles.